The highest BCUT2D eigenvalue weighted by molar-refractivity contribution is 7.84. The number of ketones is 1. The number of aliphatic hydroxyl groups is 2. The van der Waals surface area contributed by atoms with Crippen molar-refractivity contribution in [2.24, 2.45) is 11.1 Å². The Morgan fingerprint density at radius 1 is 1.28 bits per heavy atom. The fourth-order valence-electron chi connectivity index (χ4n) is 5.37. The molecule has 11 nitrogen and oxygen atoms in total. The highest BCUT2D eigenvalue weighted by atomic mass is 35.5. The van der Waals surface area contributed by atoms with Gasteiger partial charge in [-0.05, 0) is 60.5 Å². The van der Waals surface area contributed by atoms with Gasteiger partial charge in [0, 0.05) is 17.1 Å². The van der Waals surface area contributed by atoms with Crippen molar-refractivity contribution in [2.75, 3.05) is 18.5 Å². The minimum Gasteiger partial charge on any atom is -0.390 e. The summed E-state index contributed by atoms with van der Waals surface area (Å²) >= 11 is 7.61. The highest BCUT2D eigenvalue weighted by Gasteiger charge is 2.43. The van der Waals surface area contributed by atoms with E-state index in [4.69, 9.17) is 16.7 Å². The van der Waals surface area contributed by atoms with E-state index in [-0.39, 0.29) is 30.2 Å². The number of benzene rings is 1. The van der Waals surface area contributed by atoms with E-state index in [1.165, 1.54) is 23.9 Å². The van der Waals surface area contributed by atoms with Crippen molar-refractivity contribution in [1.82, 2.24) is 15.3 Å². The summed E-state index contributed by atoms with van der Waals surface area (Å²) in [4.78, 5) is 22.3. The van der Waals surface area contributed by atoms with E-state index in [0.717, 1.165) is 30.5 Å². The molecule has 5 atom stereocenters. The summed E-state index contributed by atoms with van der Waals surface area (Å²) in [6.07, 6.45) is 2.16. The Morgan fingerprint density at radius 2 is 2.10 bits per heavy atom. The number of aliphatic hydroxyl groups excluding tert-OH is 2. The van der Waals surface area contributed by atoms with Crippen LogP contribution in [-0.4, -0.2) is 65.8 Å². The molecule has 0 bridgehead atoms. The number of rotatable bonds is 9. The lowest BCUT2D eigenvalue weighted by molar-refractivity contribution is 0.00778. The number of carbonyl (C=O) groups excluding carboxylic acids is 1. The Morgan fingerprint density at radius 3 is 2.82 bits per heavy atom. The Labute approximate surface area is 234 Å². The zero-order valence-corrected chi connectivity index (χ0v) is 23.0. The summed E-state index contributed by atoms with van der Waals surface area (Å²) < 4.78 is 26.9. The van der Waals surface area contributed by atoms with Crippen LogP contribution in [-0.2, 0) is 20.0 Å². The van der Waals surface area contributed by atoms with Crippen LogP contribution >= 0.6 is 22.9 Å². The van der Waals surface area contributed by atoms with E-state index >= 15 is 0 Å². The smallest absolute Gasteiger partial charge is 0.333 e. The zero-order chi connectivity index (χ0) is 27.8. The second kappa shape index (κ2) is 11.2. The first kappa shape index (κ1) is 28.1. The maximum atomic E-state index is 13.6. The summed E-state index contributed by atoms with van der Waals surface area (Å²) in [6.45, 7) is 0.455. The summed E-state index contributed by atoms with van der Waals surface area (Å²) in [7, 11) is -4.19. The number of nitrogens with two attached hydrogens (primary N) is 1. The average Bonchev–Trinajstić information content (AvgIpc) is 3.65. The molecule has 208 valence electrons. The molecule has 3 heterocycles. The second-order valence-electron chi connectivity index (χ2n) is 9.76. The third-order valence-electron chi connectivity index (χ3n) is 7.32. The van der Waals surface area contributed by atoms with Gasteiger partial charge in [0.15, 0.2) is 0 Å². The lowest BCUT2D eigenvalue weighted by Crippen LogP contribution is -2.37. The van der Waals surface area contributed by atoms with Crippen LogP contribution in [0.2, 0.25) is 5.02 Å². The Kier molecular flexibility index (Phi) is 8.04. The molecule has 1 aromatic carbocycles. The summed E-state index contributed by atoms with van der Waals surface area (Å²) in [5.74, 6) is -0.799. The molecule has 1 aliphatic heterocycles. The largest absolute Gasteiger partial charge is 0.390 e. The Bertz CT molecular complexity index is 1460. The van der Waals surface area contributed by atoms with Gasteiger partial charge in [0.05, 0.1) is 34.7 Å². The molecule has 0 amide bonds. The fraction of sp³-hybridized carbons (Fsp3) is 0.400. The van der Waals surface area contributed by atoms with Gasteiger partial charge in [0.25, 0.3) is 0 Å². The number of aromatic nitrogens is 2. The van der Waals surface area contributed by atoms with Gasteiger partial charge in [-0.25, -0.2) is 15.1 Å². The van der Waals surface area contributed by atoms with Crippen LogP contribution < -0.4 is 15.8 Å². The van der Waals surface area contributed by atoms with Gasteiger partial charge in [-0.1, -0.05) is 23.7 Å². The Balaban J connectivity index is 1.37. The molecule has 39 heavy (non-hydrogen) atoms. The molecule has 14 heteroatoms. The van der Waals surface area contributed by atoms with Gasteiger partial charge in [0.2, 0.25) is 5.78 Å². The lowest BCUT2D eigenvalue weighted by Gasteiger charge is -2.30. The summed E-state index contributed by atoms with van der Waals surface area (Å²) in [6, 6.07) is 8.86. The molecule has 6 N–H and O–H groups in total. The van der Waals surface area contributed by atoms with E-state index in [9.17, 15) is 23.4 Å². The predicted octanol–water partition coefficient (Wildman–Crippen LogP) is 1.79. The van der Waals surface area contributed by atoms with Crippen molar-refractivity contribution in [1.29, 1.82) is 0 Å². The number of thiophene rings is 1. The van der Waals surface area contributed by atoms with Gasteiger partial charge in [-0.15, -0.1) is 11.3 Å². The van der Waals surface area contributed by atoms with Gasteiger partial charge in [-0.2, -0.15) is 8.42 Å². The van der Waals surface area contributed by atoms with Crippen LogP contribution in [0.1, 0.15) is 45.6 Å². The summed E-state index contributed by atoms with van der Waals surface area (Å²) in [5.41, 5.74) is 1.75. The molecule has 2 fully saturated rings. The van der Waals surface area contributed by atoms with Crippen LogP contribution in [0, 0.1) is 5.92 Å². The quantitative estimate of drug-likeness (QED) is 0.230. The van der Waals surface area contributed by atoms with E-state index in [2.05, 4.69) is 24.8 Å². The standard InChI is InChI=1S/C25H28ClN5O6S2/c26-17-4-1-3-15(8-17)25(5-2-6-30-25)16-9-20(38-12-16)22(33)18-10-28-13-29-24(18)31-19-7-14(21(32)23(19)34)11-37-39(27,35)36/h1,3-4,8-10,12-14,19,21,23,30,32,34H,2,5-7,11H2,(H2,27,35,36)(H,28,29,31)/t14-,19-,21-,23+,25+/m1/s1. The van der Waals surface area contributed by atoms with Crippen LogP contribution in [0.4, 0.5) is 5.82 Å². The van der Waals surface area contributed by atoms with Gasteiger partial charge in [0.1, 0.15) is 18.2 Å². The first-order chi connectivity index (χ1) is 18.6. The molecular formula is C25H28ClN5O6S2. The number of carbonyl (C=O) groups is 1. The number of hydrogen-bond acceptors (Lipinski definition) is 11. The molecule has 0 unspecified atom stereocenters. The first-order valence-electron chi connectivity index (χ1n) is 12.3. The van der Waals surface area contributed by atoms with Crippen molar-refractivity contribution in [3.63, 3.8) is 0 Å². The predicted molar refractivity (Wildman–Crippen MR) is 146 cm³/mol. The molecule has 1 saturated heterocycles. The topological polar surface area (TPSA) is 177 Å². The third-order valence-corrected chi connectivity index (χ3v) is 8.94. The van der Waals surface area contributed by atoms with Crippen molar-refractivity contribution in [3.8, 4) is 0 Å². The monoisotopic (exact) mass is 593 g/mol. The average molecular weight is 594 g/mol. The summed E-state index contributed by atoms with van der Waals surface area (Å²) in [5, 5.41) is 35.1. The first-order valence-corrected chi connectivity index (χ1v) is 15.0. The van der Waals surface area contributed by atoms with Crippen molar-refractivity contribution in [3.05, 3.63) is 74.8 Å². The number of hydrogen-bond donors (Lipinski definition) is 5. The maximum Gasteiger partial charge on any atom is 0.333 e. The molecule has 1 saturated carbocycles. The van der Waals surface area contributed by atoms with Crippen LogP contribution in [0.15, 0.2) is 48.2 Å². The number of nitrogens with zero attached hydrogens (tertiary/aromatic N) is 2. The molecule has 0 radical (unpaired) electrons. The number of anilines is 1. The van der Waals surface area contributed by atoms with Gasteiger partial charge in [-0.3, -0.25) is 8.98 Å². The van der Waals surface area contributed by atoms with E-state index in [1.54, 1.807) is 0 Å². The normalized spacial score (nSPS) is 27.1. The SMILES string of the molecule is NS(=O)(=O)OC[C@H]1C[C@@H](Nc2ncncc2C(=O)c2cc([C@@]3(c4cccc(Cl)c4)CCCN3)cs2)[C@H](O)[C@@H]1O. The second-order valence-corrected chi connectivity index (χ2v) is 12.3. The fourth-order valence-corrected chi connectivity index (χ4v) is 6.86. The minimum absolute atomic E-state index is 0.159. The molecule has 2 aliphatic rings. The van der Waals surface area contributed by atoms with E-state index < -0.39 is 40.0 Å². The Hall–Kier alpha value is -2.49. The molecule has 5 rings (SSSR count). The molecule has 0 spiro atoms. The van der Waals surface area contributed by atoms with Crippen molar-refractivity contribution in [2.45, 2.75) is 43.1 Å². The van der Waals surface area contributed by atoms with E-state index in [1.807, 2.05) is 35.7 Å². The molecule has 2 aromatic heterocycles. The molecule has 3 aromatic rings. The number of nitrogens with one attached hydrogen (secondary N) is 2. The van der Waals surface area contributed by atoms with Gasteiger partial charge < -0.3 is 20.8 Å². The van der Waals surface area contributed by atoms with Gasteiger partial charge >= 0.3 is 10.3 Å². The maximum absolute atomic E-state index is 13.6. The van der Waals surface area contributed by atoms with Crippen LogP contribution in [0.3, 0.4) is 0 Å². The van der Waals surface area contributed by atoms with Crippen LogP contribution in [0.5, 0.6) is 0 Å². The molecular weight excluding hydrogens is 566 g/mol. The zero-order valence-electron chi connectivity index (χ0n) is 20.7. The van der Waals surface area contributed by atoms with Crippen molar-refractivity contribution < 1.29 is 27.6 Å². The van der Waals surface area contributed by atoms with E-state index in [0.29, 0.717) is 9.90 Å². The third kappa shape index (κ3) is 5.86. The molecule has 1 aliphatic carbocycles. The lowest BCUT2D eigenvalue weighted by atomic mass is 9.83. The minimum atomic E-state index is -4.19. The number of halogens is 1. The highest BCUT2D eigenvalue weighted by Crippen LogP contribution is 2.41. The van der Waals surface area contributed by atoms with Crippen LogP contribution in [0.25, 0.3) is 0 Å². The van der Waals surface area contributed by atoms with Crippen molar-refractivity contribution >= 4 is 44.8 Å².